The van der Waals surface area contributed by atoms with Gasteiger partial charge in [-0.2, -0.15) is 0 Å². The maximum Gasteiger partial charge on any atom is 0.326 e. The van der Waals surface area contributed by atoms with Crippen LogP contribution in [0, 0.1) is 5.92 Å². The minimum atomic E-state index is -0.739. The quantitative estimate of drug-likeness (QED) is 0.697. The Balaban J connectivity index is 1.77. The van der Waals surface area contributed by atoms with E-state index in [-0.39, 0.29) is 18.0 Å². The molecular formula is C22H31NO5. The lowest BCUT2D eigenvalue weighted by molar-refractivity contribution is -0.161. The van der Waals surface area contributed by atoms with Crippen LogP contribution in [-0.4, -0.2) is 54.3 Å². The van der Waals surface area contributed by atoms with Gasteiger partial charge in [0.05, 0.1) is 26.2 Å². The maximum atomic E-state index is 12.9. The second kappa shape index (κ2) is 8.21. The highest BCUT2D eigenvalue weighted by Crippen LogP contribution is 2.47. The van der Waals surface area contributed by atoms with E-state index < -0.39 is 17.1 Å². The molecule has 2 heterocycles. The number of carbonyl (C=O) groups excluding carboxylic acids is 2. The number of benzene rings is 1. The summed E-state index contributed by atoms with van der Waals surface area (Å²) in [6.07, 6.45) is 2.04. The van der Waals surface area contributed by atoms with Crippen molar-refractivity contribution in [2.24, 2.45) is 5.92 Å². The van der Waals surface area contributed by atoms with E-state index in [0.29, 0.717) is 26.1 Å². The van der Waals surface area contributed by atoms with E-state index in [1.165, 1.54) is 7.11 Å². The van der Waals surface area contributed by atoms with Gasteiger partial charge in [-0.3, -0.25) is 14.5 Å². The molecule has 6 heteroatoms. The molecule has 3 atom stereocenters. The number of esters is 2. The normalized spacial score (nSPS) is 27.4. The number of carbonyl (C=O) groups is 2. The lowest BCUT2D eigenvalue weighted by Crippen LogP contribution is -2.50. The Morgan fingerprint density at radius 2 is 1.93 bits per heavy atom. The average molecular weight is 389 g/mol. The van der Waals surface area contributed by atoms with Crippen LogP contribution in [0.5, 0.6) is 0 Å². The molecule has 6 nitrogen and oxygen atoms in total. The number of hydrogen-bond acceptors (Lipinski definition) is 6. The van der Waals surface area contributed by atoms with E-state index in [4.69, 9.17) is 14.2 Å². The van der Waals surface area contributed by atoms with Crippen LogP contribution in [-0.2, 0) is 30.4 Å². The van der Waals surface area contributed by atoms with Crippen LogP contribution >= 0.6 is 0 Å². The summed E-state index contributed by atoms with van der Waals surface area (Å²) < 4.78 is 16.8. The third-order valence-corrected chi connectivity index (χ3v) is 5.64. The third kappa shape index (κ3) is 4.23. The fraction of sp³-hybridized carbons (Fsp3) is 0.636. The number of fused-ring (bicyclic) bond motifs is 1. The van der Waals surface area contributed by atoms with Crippen molar-refractivity contribution in [3.05, 3.63) is 35.9 Å². The van der Waals surface area contributed by atoms with Crippen molar-refractivity contribution >= 4 is 11.9 Å². The second-order valence-corrected chi connectivity index (χ2v) is 8.73. The molecule has 0 aromatic heterocycles. The minimum absolute atomic E-state index is 0.194. The Labute approximate surface area is 167 Å². The summed E-state index contributed by atoms with van der Waals surface area (Å²) in [5, 5.41) is 0. The Morgan fingerprint density at radius 3 is 2.57 bits per heavy atom. The molecule has 0 spiro atoms. The van der Waals surface area contributed by atoms with Crippen LogP contribution in [0.15, 0.2) is 30.3 Å². The van der Waals surface area contributed by atoms with E-state index in [1.54, 1.807) is 0 Å². The molecule has 1 aromatic carbocycles. The van der Waals surface area contributed by atoms with Crippen LogP contribution in [0.4, 0.5) is 0 Å². The van der Waals surface area contributed by atoms with Gasteiger partial charge in [-0.25, -0.2) is 0 Å². The molecular weight excluding hydrogens is 358 g/mol. The Bertz CT molecular complexity index is 699. The number of methoxy groups -OCH3 is 1. The zero-order valence-corrected chi connectivity index (χ0v) is 17.3. The average Bonchev–Trinajstić information content (AvgIpc) is 3.19. The van der Waals surface area contributed by atoms with E-state index in [2.05, 4.69) is 4.90 Å². The lowest BCUT2D eigenvalue weighted by atomic mass is 9.88. The van der Waals surface area contributed by atoms with Crippen molar-refractivity contribution in [2.45, 2.75) is 63.8 Å². The van der Waals surface area contributed by atoms with Gasteiger partial charge in [0, 0.05) is 6.04 Å². The van der Waals surface area contributed by atoms with Gasteiger partial charge in [0.15, 0.2) is 0 Å². The third-order valence-electron chi connectivity index (χ3n) is 5.64. The van der Waals surface area contributed by atoms with Gasteiger partial charge in [0.25, 0.3) is 0 Å². The molecule has 2 fully saturated rings. The monoisotopic (exact) mass is 389 g/mol. The van der Waals surface area contributed by atoms with Gasteiger partial charge in [-0.15, -0.1) is 0 Å². The van der Waals surface area contributed by atoms with Crippen molar-refractivity contribution in [2.75, 3.05) is 20.3 Å². The first kappa shape index (κ1) is 20.8. The molecule has 0 N–H and O–H groups in total. The summed E-state index contributed by atoms with van der Waals surface area (Å²) in [5.41, 5.74) is -0.232. The van der Waals surface area contributed by atoms with E-state index >= 15 is 0 Å². The minimum Gasteiger partial charge on any atom is -0.468 e. The summed E-state index contributed by atoms with van der Waals surface area (Å²) in [7, 11) is 1.41. The Kier molecular flexibility index (Phi) is 6.10. The van der Waals surface area contributed by atoms with E-state index in [9.17, 15) is 9.59 Å². The number of hydrogen-bond donors (Lipinski definition) is 0. The summed E-state index contributed by atoms with van der Waals surface area (Å²) >= 11 is 0. The van der Waals surface area contributed by atoms with Gasteiger partial charge in [-0.1, -0.05) is 30.3 Å². The molecule has 2 saturated heterocycles. The first-order valence-electron chi connectivity index (χ1n) is 9.96. The predicted molar refractivity (Wildman–Crippen MR) is 105 cm³/mol. The number of nitrogens with zero attached hydrogens (tertiary/aromatic N) is 1. The molecule has 3 rings (SSSR count). The molecule has 0 radical (unpaired) electrons. The molecule has 2 aliphatic heterocycles. The van der Waals surface area contributed by atoms with Gasteiger partial charge in [0.1, 0.15) is 11.1 Å². The largest absolute Gasteiger partial charge is 0.468 e. The fourth-order valence-corrected chi connectivity index (χ4v) is 4.51. The summed E-state index contributed by atoms with van der Waals surface area (Å²) in [5.74, 6) is -0.933. The fourth-order valence-electron chi connectivity index (χ4n) is 4.51. The SMILES string of the molecule is COC(=O)[C@@]12CCCN1[C@H](COCc1ccccc1)[C@H](C(=O)OC(C)(C)C)C2. The Morgan fingerprint density at radius 1 is 1.21 bits per heavy atom. The molecule has 0 unspecified atom stereocenters. The zero-order valence-electron chi connectivity index (χ0n) is 17.3. The van der Waals surface area contributed by atoms with Gasteiger partial charge in [-0.05, 0) is 52.1 Å². The molecule has 154 valence electrons. The molecule has 0 saturated carbocycles. The predicted octanol–water partition coefficient (Wildman–Crippen LogP) is 2.94. The highest BCUT2D eigenvalue weighted by Gasteiger charge is 2.61. The van der Waals surface area contributed by atoms with Gasteiger partial charge < -0.3 is 14.2 Å². The van der Waals surface area contributed by atoms with Crippen LogP contribution in [0.2, 0.25) is 0 Å². The molecule has 0 aliphatic carbocycles. The van der Waals surface area contributed by atoms with E-state index in [0.717, 1.165) is 18.5 Å². The van der Waals surface area contributed by atoms with Crippen molar-refractivity contribution < 1.29 is 23.8 Å². The highest BCUT2D eigenvalue weighted by molar-refractivity contribution is 5.85. The van der Waals surface area contributed by atoms with Gasteiger partial charge >= 0.3 is 11.9 Å². The Hall–Kier alpha value is -1.92. The van der Waals surface area contributed by atoms with Crippen molar-refractivity contribution in [3.8, 4) is 0 Å². The molecule has 1 aromatic rings. The topological polar surface area (TPSA) is 65.1 Å². The highest BCUT2D eigenvalue weighted by atomic mass is 16.6. The maximum absolute atomic E-state index is 12.9. The molecule has 2 aliphatic rings. The van der Waals surface area contributed by atoms with Crippen LogP contribution < -0.4 is 0 Å². The van der Waals surface area contributed by atoms with Crippen LogP contribution in [0.1, 0.15) is 45.6 Å². The second-order valence-electron chi connectivity index (χ2n) is 8.73. The van der Waals surface area contributed by atoms with E-state index in [1.807, 2.05) is 51.1 Å². The van der Waals surface area contributed by atoms with Crippen molar-refractivity contribution in [1.82, 2.24) is 4.90 Å². The molecule has 28 heavy (non-hydrogen) atoms. The van der Waals surface area contributed by atoms with Crippen molar-refractivity contribution in [3.63, 3.8) is 0 Å². The van der Waals surface area contributed by atoms with Crippen LogP contribution in [0.25, 0.3) is 0 Å². The zero-order chi connectivity index (χ0) is 20.4. The summed E-state index contributed by atoms with van der Waals surface area (Å²) in [6.45, 7) is 7.18. The number of rotatable bonds is 6. The van der Waals surface area contributed by atoms with Crippen LogP contribution in [0.3, 0.4) is 0 Å². The van der Waals surface area contributed by atoms with Crippen molar-refractivity contribution in [1.29, 1.82) is 0 Å². The molecule has 0 amide bonds. The standard InChI is InChI=1S/C22H31NO5/c1-21(2,3)28-19(24)17-13-22(20(25)26-4)11-8-12-23(22)18(17)15-27-14-16-9-6-5-7-10-16/h5-7,9-10,17-18H,8,11-15H2,1-4H3/t17-,18-,22+/m1/s1. The number of ether oxygens (including phenoxy) is 3. The lowest BCUT2D eigenvalue weighted by Gasteiger charge is -2.32. The van der Waals surface area contributed by atoms with Gasteiger partial charge in [0.2, 0.25) is 0 Å². The molecule has 0 bridgehead atoms. The smallest absolute Gasteiger partial charge is 0.326 e. The first-order chi connectivity index (χ1) is 13.3. The summed E-state index contributed by atoms with van der Waals surface area (Å²) in [4.78, 5) is 27.7. The summed E-state index contributed by atoms with van der Waals surface area (Å²) in [6, 6.07) is 9.73. The first-order valence-corrected chi connectivity index (χ1v) is 9.96.